The number of aliphatic hydroxyl groups is 1. The molecule has 5 unspecified atom stereocenters. The number of halogens is 3. The Morgan fingerprint density at radius 3 is 2.72 bits per heavy atom. The van der Waals surface area contributed by atoms with Gasteiger partial charge in [0.25, 0.3) is 0 Å². The number of nitrogens with one attached hydrogen (secondary N) is 2. The number of fused-ring (bicyclic) bond motifs is 1. The van der Waals surface area contributed by atoms with Gasteiger partial charge in [0.2, 0.25) is 11.9 Å². The number of rotatable bonds is 5. The van der Waals surface area contributed by atoms with Crippen molar-refractivity contribution in [3.63, 3.8) is 0 Å². The molecule has 1 aliphatic heterocycles. The fourth-order valence-corrected chi connectivity index (χ4v) is 3.60. The average Bonchev–Trinajstić information content (AvgIpc) is 3.49. The van der Waals surface area contributed by atoms with E-state index in [-0.39, 0.29) is 35.7 Å². The quantitative estimate of drug-likeness (QED) is 0.541. The van der Waals surface area contributed by atoms with Gasteiger partial charge in [-0.3, -0.25) is 4.57 Å². The van der Waals surface area contributed by atoms with Crippen molar-refractivity contribution in [3.8, 4) is 0 Å². The van der Waals surface area contributed by atoms with E-state index in [0.29, 0.717) is 25.2 Å². The van der Waals surface area contributed by atoms with E-state index in [1.807, 2.05) is 0 Å². The zero-order valence-electron chi connectivity index (χ0n) is 22.5. The predicted molar refractivity (Wildman–Crippen MR) is 111 cm³/mol. The minimum Gasteiger partial charge on any atom is -0.393 e. The monoisotopic (exact) mass is 454 g/mol. The van der Waals surface area contributed by atoms with Crippen LogP contribution in [-0.2, 0) is 4.74 Å². The van der Waals surface area contributed by atoms with Gasteiger partial charge in [-0.15, -0.1) is 0 Å². The van der Waals surface area contributed by atoms with Crippen LogP contribution in [0.4, 0.5) is 30.8 Å². The van der Waals surface area contributed by atoms with E-state index in [9.17, 15) is 18.3 Å². The van der Waals surface area contributed by atoms with Crippen LogP contribution < -0.4 is 10.6 Å². The highest BCUT2D eigenvalue weighted by Gasteiger charge is 2.27. The Morgan fingerprint density at radius 1 is 1.16 bits per heavy atom. The Balaban J connectivity index is 1.55. The van der Waals surface area contributed by atoms with Crippen molar-refractivity contribution in [1.29, 1.82) is 0 Å². The van der Waals surface area contributed by atoms with Gasteiger partial charge in [0.05, 0.1) is 24.9 Å². The molecule has 170 valence electrons. The van der Waals surface area contributed by atoms with Gasteiger partial charge in [-0.1, -0.05) is 0 Å². The molecule has 2 aliphatic rings. The molecule has 0 radical (unpaired) electrons. The summed E-state index contributed by atoms with van der Waals surface area (Å²) in [6, 6.07) is -0.941. The summed E-state index contributed by atoms with van der Waals surface area (Å²) in [5.74, 6) is -3.71. The molecular formula is C21H23F3N6O2. The van der Waals surface area contributed by atoms with Crippen molar-refractivity contribution in [1.82, 2.24) is 19.5 Å². The number of aromatic nitrogens is 4. The average molecular weight is 454 g/mol. The third kappa shape index (κ3) is 4.09. The van der Waals surface area contributed by atoms with Gasteiger partial charge < -0.3 is 20.5 Å². The third-order valence-electron chi connectivity index (χ3n) is 5.10. The van der Waals surface area contributed by atoms with Crippen LogP contribution in [0.1, 0.15) is 46.2 Å². The lowest BCUT2D eigenvalue weighted by Crippen LogP contribution is -2.29. The summed E-state index contributed by atoms with van der Waals surface area (Å²) in [5.41, 5.74) is -0.291. The maximum absolute atomic E-state index is 14.4. The molecule has 3 heterocycles. The van der Waals surface area contributed by atoms with Crippen LogP contribution in [0, 0.1) is 17.5 Å². The molecule has 0 amide bonds. The summed E-state index contributed by atoms with van der Waals surface area (Å²) in [6.45, 7) is 0.615. The molecule has 11 heteroatoms. The summed E-state index contributed by atoms with van der Waals surface area (Å²) in [6.07, 6.45) is -9.12. The molecule has 1 aromatic carbocycles. The van der Waals surface area contributed by atoms with Gasteiger partial charge in [0.15, 0.2) is 17.3 Å². The van der Waals surface area contributed by atoms with Crippen molar-refractivity contribution >= 4 is 28.7 Å². The molecule has 1 saturated heterocycles. The maximum atomic E-state index is 14.4. The molecule has 32 heavy (non-hydrogen) atoms. The number of imidazole rings is 1. The largest absolute Gasteiger partial charge is 0.393 e. The summed E-state index contributed by atoms with van der Waals surface area (Å²) in [4.78, 5) is 12.8. The lowest BCUT2D eigenvalue weighted by molar-refractivity contribution is 0.126. The van der Waals surface area contributed by atoms with Gasteiger partial charge in [0.1, 0.15) is 17.0 Å². The SMILES string of the molecule is [2H]C1C([2H])C(Nc2ncc3nc(Nc4c(F)cc(F)cc4F)n(C4CCOC4)c3n2)C([2H])([2H])C([2H])([2H])C1O. The molecule has 5 rings (SSSR count). The number of benzene rings is 1. The van der Waals surface area contributed by atoms with Crippen LogP contribution >= 0.6 is 0 Å². The van der Waals surface area contributed by atoms with Gasteiger partial charge in [-0.2, -0.15) is 4.98 Å². The van der Waals surface area contributed by atoms with Crippen molar-refractivity contribution in [2.75, 3.05) is 23.8 Å². The normalized spacial score (nSPS) is 34.1. The number of hydrogen-bond donors (Lipinski definition) is 3. The van der Waals surface area contributed by atoms with Gasteiger partial charge >= 0.3 is 0 Å². The molecular weight excluding hydrogens is 425 g/mol. The fourth-order valence-electron chi connectivity index (χ4n) is 3.60. The summed E-state index contributed by atoms with van der Waals surface area (Å²) in [7, 11) is 0. The van der Waals surface area contributed by atoms with E-state index in [2.05, 4.69) is 25.6 Å². The van der Waals surface area contributed by atoms with Crippen molar-refractivity contribution in [2.24, 2.45) is 0 Å². The maximum Gasteiger partial charge on any atom is 0.224 e. The molecule has 3 aromatic rings. The molecule has 3 N–H and O–H groups in total. The second-order valence-electron chi connectivity index (χ2n) is 7.34. The number of aliphatic hydroxyl groups excluding tert-OH is 1. The first kappa shape index (κ1) is 15.0. The minimum atomic E-state index is -2.85. The topological polar surface area (TPSA) is 97.1 Å². The first-order valence-electron chi connectivity index (χ1n) is 13.0. The molecule has 2 fully saturated rings. The zero-order chi connectivity index (χ0) is 27.6. The highest BCUT2D eigenvalue weighted by molar-refractivity contribution is 5.76. The zero-order valence-corrected chi connectivity index (χ0v) is 16.5. The second-order valence-corrected chi connectivity index (χ2v) is 7.34. The van der Waals surface area contributed by atoms with E-state index in [1.165, 1.54) is 10.8 Å². The van der Waals surface area contributed by atoms with Crippen LogP contribution in [0.25, 0.3) is 11.2 Å². The smallest absolute Gasteiger partial charge is 0.224 e. The van der Waals surface area contributed by atoms with Gasteiger partial charge in [-0.05, 0) is 32.0 Å². The van der Waals surface area contributed by atoms with Crippen LogP contribution in [0.3, 0.4) is 0 Å². The summed E-state index contributed by atoms with van der Waals surface area (Å²) >= 11 is 0. The Morgan fingerprint density at radius 2 is 1.97 bits per heavy atom. The number of hydrogen-bond acceptors (Lipinski definition) is 7. The van der Waals surface area contributed by atoms with Gasteiger partial charge in [-0.25, -0.2) is 23.1 Å². The Bertz CT molecular complexity index is 1350. The lowest BCUT2D eigenvalue weighted by Gasteiger charge is -2.26. The molecule has 8 nitrogen and oxygen atoms in total. The standard InChI is InChI=1S/C21H23F3N6O2/c22-11-7-15(23)18(16(24)8-11)28-21-27-17-9-25-20(26-12-1-3-14(31)4-2-12)29-19(17)30(21)13-5-6-32-10-13/h7-9,12-14,31H,1-6,10H2,(H,27,28)(H,25,26,29)/i1D,2D2,3D,4D2. The first-order chi connectivity index (χ1) is 17.8. The van der Waals surface area contributed by atoms with Crippen LogP contribution in [0.5, 0.6) is 0 Å². The van der Waals surface area contributed by atoms with Crippen molar-refractivity contribution < 1.29 is 31.2 Å². The molecule has 0 bridgehead atoms. The minimum absolute atomic E-state index is 0.0385. The number of ether oxygens (including phenoxy) is 1. The predicted octanol–water partition coefficient (Wildman–Crippen LogP) is 3.66. The molecule has 1 aliphatic carbocycles. The highest BCUT2D eigenvalue weighted by Crippen LogP contribution is 2.32. The Labute approximate surface area is 190 Å². The first-order valence-corrected chi connectivity index (χ1v) is 9.86. The van der Waals surface area contributed by atoms with Crippen LogP contribution in [-0.4, -0.2) is 50.0 Å². The van der Waals surface area contributed by atoms with Crippen LogP contribution in [0.15, 0.2) is 18.3 Å². The van der Waals surface area contributed by atoms with Crippen LogP contribution in [0.2, 0.25) is 0 Å². The molecule has 2 aromatic heterocycles. The molecule has 1 saturated carbocycles. The third-order valence-corrected chi connectivity index (χ3v) is 5.10. The summed E-state index contributed by atoms with van der Waals surface area (Å²) in [5, 5.41) is 15.2. The van der Waals surface area contributed by atoms with E-state index in [0.717, 1.165) is 0 Å². The van der Waals surface area contributed by atoms with E-state index < -0.39 is 60.8 Å². The highest BCUT2D eigenvalue weighted by atomic mass is 19.1. The molecule has 0 spiro atoms. The Hall–Kier alpha value is -2.92. The number of nitrogens with zero attached hydrogens (tertiary/aromatic N) is 4. The van der Waals surface area contributed by atoms with E-state index in [1.54, 1.807) is 0 Å². The summed E-state index contributed by atoms with van der Waals surface area (Å²) < 4.78 is 97.9. The Kier molecular flexibility index (Phi) is 4.01. The van der Waals surface area contributed by atoms with Crippen molar-refractivity contribution in [2.45, 2.75) is 50.1 Å². The molecule has 5 atom stereocenters. The van der Waals surface area contributed by atoms with E-state index >= 15 is 0 Å². The second kappa shape index (κ2) is 8.55. The fraction of sp³-hybridized carbons (Fsp3) is 0.476. The van der Waals surface area contributed by atoms with Crippen molar-refractivity contribution in [3.05, 3.63) is 35.8 Å². The number of anilines is 3. The lowest BCUT2D eigenvalue weighted by atomic mass is 9.93. The van der Waals surface area contributed by atoms with Gasteiger partial charge in [0, 0.05) is 33.0 Å². The van der Waals surface area contributed by atoms with E-state index in [4.69, 9.17) is 13.0 Å².